The van der Waals surface area contributed by atoms with Crippen LogP contribution in [0.25, 0.3) is 0 Å². The molecule has 1 saturated heterocycles. The summed E-state index contributed by atoms with van der Waals surface area (Å²) in [5.41, 5.74) is 5.06. The van der Waals surface area contributed by atoms with Gasteiger partial charge in [0.2, 0.25) is 5.91 Å². The van der Waals surface area contributed by atoms with E-state index in [1.54, 1.807) is 0 Å². The van der Waals surface area contributed by atoms with Crippen LogP contribution in [0.4, 0.5) is 0 Å². The summed E-state index contributed by atoms with van der Waals surface area (Å²) in [4.78, 5) is 14.5. The number of amides is 1. The van der Waals surface area contributed by atoms with Gasteiger partial charge < -0.3 is 15.4 Å². The summed E-state index contributed by atoms with van der Waals surface area (Å²) in [6, 6.07) is 0. The molecule has 1 atom stereocenters. The summed E-state index contributed by atoms with van der Waals surface area (Å²) in [5, 5.41) is 0. The van der Waals surface area contributed by atoms with Gasteiger partial charge in [-0.3, -0.25) is 4.79 Å². The molecule has 4 heteroatoms. The first kappa shape index (κ1) is 15.4. The van der Waals surface area contributed by atoms with Gasteiger partial charge in [-0.1, -0.05) is 0 Å². The fourth-order valence-electron chi connectivity index (χ4n) is 2.17. The van der Waals surface area contributed by atoms with Crippen molar-refractivity contribution >= 4 is 5.91 Å². The van der Waals surface area contributed by atoms with Crippen molar-refractivity contribution in [1.82, 2.24) is 4.90 Å². The number of hydrogen-bond donors (Lipinski definition) is 1. The smallest absolute Gasteiger partial charge is 0.230 e. The van der Waals surface area contributed by atoms with Crippen molar-refractivity contribution in [2.24, 2.45) is 11.1 Å². The van der Waals surface area contributed by atoms with E-state index in [0.717, 1.165) is 19.4 Å². The zero-order valence-corrected chi connectivity index (χ0v) is 12.5. The van der Waals surface area contributed by atoms with Crippen LogP contribution < -0.4 is 5.73 Å². The fourth-order valence-corrected chi connectivity index (χ4v) is 2.17. The molecule has 0 saturated carbocycles. The highest BCUT2D eigenvalue weighted by atomic mass is 16.5. The average molecular weight is 256 g/mol. The van der Waals surface area contributed by atoms with Gasteiger partial charge in [0.05, 0.1) is 11.5 Å². The number of hydrogen-bond acceptors (Lipinski definition) is 3. The number of carbonyl (C=O) groups excluding carboxylic acids is 1. The molecular weight excluding hydrogens is 228 g/mol. The third-order valence-electron chi connectivity index (χ3n) is 4.21. The van der Waals surface area contributed by atoms with Gasteiger partial charge in [0.15, 0.2) is 0 Å². The van der Waals surface area contributed by atoms with Crippen molar-refractivity contribution in [3.05, 3.63) is 0 Å². The van der Waals surface area contributed by atoms with Gasteiger partial charge in [-0.2, -0.15) is 0 Å². The summed E-state index contributed by atoms with van der Waals surface area (Å²) in [5.74, 6) is 0.138. The Morgan fingerprint density at radius 2 is 2.00 bits per heavy atom. The molecule has 0 spiro atoms. The summed E-state index contributed by atoms with van der Waals surface area (Å²) in [6.45, 7) is 11.9. The minimum atomic E-state index is -0.554. The second-order valence-corrected chi connectivity index (χ2v) is 6.32. The van der Waals surface area contributed by atoms with Crippen LogP contribution in [0.15, 0.2) is 0 Å². The van der Waals surface area contributed by atoms with Crippen molar-refractivity contribution < 1.29 is 9.53 Å². The third kappa shape index (κ3) is 3.23. The topological polar surface area (TPSA) is 55.6 Å². The molecule has 1 rings (SSSR count). The Morgan fingerprint density at radius 3 is 2.50 bits per heavy atom. The summed E-state index contributed by atoms with van der Waals surface area (Å²) in [6.07, 6.45) is 2.24. The van der Waals surface area contributed by atoms with Gasteiger partial charge in [-0.05, 0) is 47.5 Å². The number of piperidine rings is 1. The van der Waals surface area contributed by atoms with Gasteiger partial charge >= 0.3 is 0 Å². The summed E-state index contributed by atoms with van der Waals surface area (Å²) < 4.78 is 5.64. The Kier molecular flexibility index (Phi) is 4.78. The lowest BCUT2D eigenvalue weighted by Gasteiger charge is -2.43. The van der Waals surface area contributed by atoms with Gasteiger partial charge in [0, 0.05) is 25.2 Å². The summed E-state index contributed by atoms with van der Waals surface area (Å²) in [7, 11) is 0. The molecule has 0 aromatic carbocycles. The predicted octanol–water partition coefficient (Wildman–Crippen LogP) is 1.78. The van der Waals surface area contributed by atoms with E-state index in [1.165, 1.54) is 0 Å². The van der Waals surface area contributed by atoms with Crippen LogP contribution in [-0.4, -0.2) is 42.1 Å². The minimum Gasteiger partial charge on any atom is -0.377 e. The number of nitrogens with zero attached hydrogens (tertiary/aromatic N) is 1. The van der Waals surface area contributed by atoms with Crippen molar-refractivity contribution in [3.63, 3.8) is 0 Å². The standard InChI is InChI=1S/C14H28N2O2/c1-6-18-11-8-7-9-16(10-11)12(17)13(2,3)14(4,5)15/h11H,6-10,15H2,1-5H3. The normalized spacial score (nSPS) is 22.1. The van der Waals surface area contributed by atoms with Gasteiger partial charge in [0.1, 0.15) is 0 Å². The lowest BCUT2D eigenvalue weighted by molar-refractivity contribution is -0.147. The molecule has 106 valence electrons. The molecule has 1 aliphatic rings. The minimum absolute atomic E-state index is 0.138. The van der Waals surface area contributed by atoms with Crippen molar-refractivity contribution in [2.45, 2.75) is 59.1 Å². The largest absolute Gasteiger partial charge is 0.377 e. The fraction of sp³-hybridized carbons (Fsp3) is 0.929. The molecule has 1 aliphatic heterocycles. The molecule has 0 bridgehead atoms. The number of nitrogens with two attached hydrogens (primary N) is 1. The highest BCUT2D eigenvalue weighted by molar-refractivity contribution is 5.83. The van der Waals surface area contributed by atoms with E-state index >= 15 is 0 Å². The van der Waals surface area contributed by atoms with Gasteiger partial charge in [0.25, 0.3) is 0 Å². The molecular formula is C14H28N2O2. The van der Waals surface area contributed by atoms with Crippen LogP contribution in [0.3, 0.4) is 0 Å². The number of carbonyl (C=O) groups is 1. The van der Waals surface area contributed by atoms with E-state index in [4.69, 9.17) is 10.5 Å². The van der Waals surface area contributed by atoms with Crippen LogP contribution in [0.2, 0.25) is 0 Å². The van der Waals surface area contributed by atoms with Gasteiger partial charge in [-0.25, -0.2) is 0 Å². The van der Waals surface area contributed by atoms with Crippen molar-refractivity contribution in [2.75, 3.05) is 19.7 Å². The number of ether oxygens (including phenoxy) is 1. The molecule has 2 N–H and O–H groups in total. The van der Waals surface area contributed by atoms with E-state index in [0.29, 0.717) is 13.2 Å². The quantitative estimate of drug-likeness (QED) is 0.834. The number of rotatable bonds is 4. The zero-order chi connectivity index (χ0) is 14.0. The average Bonchev–Trinajstić information content (AvgIpc) is 2.27. The van der Waals surface area contributed by atoms with Crippen LogP contribution >= 0.6 is 0 Å². The Hall–Kier alpha value is -0.610. The molecule has 4 nitrogen and oxygen atoms in total. The maximum absolute atomic E-state index is 12.6. The SMILES string of the molecule is CCOC1CCCN(C(=O)C(C)(C)C(C)(C)N)C1. The van der Waals surface area contributed by atoms with E-state index in [1.807, 2.05) is 39.5 Å². The molecule has 0 aliphatic carbocycles. The highest BCUT2D eigenvalue weighted by Gasteiger charge is 2.43. The molecule has 0 radical (unpaired) electrons. The predicted molar refractivity (Wildman–Crippen MR) is 73.3 cm³/mol. The lowest BCUT2D eigenvalue weighted by Crippen LogP contribution is -2.58. The van der Waals surface area contributed by atoms with Crippen molar-refractivity contribution in [3.8, 4) is 0 Å². The first-order chi connectivity index (χ1) is 8.20. The first-order valence-electron chi connectivity index (χ1n) is 6.90. The Balaban J connectivity index is 2.72. The molecule has 18 heavy (non-hydrogen) atoms. The van der Waals surface area contributed by atoms with E-state index in [-0.39, 0.29) is 12.0 Å². The lowest BCUT2D eigenvalue weighted by atomic mass is 9.74. The first-order valence-corrected chi connectivity index (χ1v) is 6.90. The second kappa shape index (κ2) is 5.57. The monoisotopic (exact) mass is 256 g/mol. The Bertz CT molecular complexity index is 293. The Labute approximate surface area is 111 Å². The Morgan fingerprint density at radius 1 is 1.39 bits per heavy atom. The molecule has 1 amide bonds. The molecule has 1 heterocycles. The zero-order valence-electron chi connectivity index (χ0n) is 12.5. The van der Waals surface area contributed by atoms with Crippen LogP contribution in [-0.2, 0) is 9.53 Å². The van der Waals surface area contributed by atoms with E-state index in [2.05, 4.69) is 0 Å². The van der Waals surface area contributed by atoms with E-state index in [9.17, 15) is 4.79 Å². The molecule has 1 unspecified atom stereocenters. The highest BCUT2D eigenvalue weighted by Crippen LogP contribution is 2.31. The summed E-state index contributed by atoms with van der Waals surface area (Å²) >= 11 is 0. The van der Waals surface area contributed by atoms with Gasteiger partial charge in [-0.15, -0.1) is 0 Å². The van der Waals surface area contributed by atoms with Crippen LogP contribution in [0.5, 0.6) is 0 Å². The maximum Gasteiger partial charge on any atom is 0.230 e. The number of likely N-dealkylation sites (tertiary alicyclic amines) is 1. The molecule has 0 aromatic heterocycles. The van der Waals surface area contributed by atoms with Crippen molar-refractivity contribution in [1.29, 1.82) is 0 Å². The van der Waals surface area contributed by atoms with Crippen LogP contribution in [0.1, 0.15) is 47.5 Å². The second-order valence-electron chi connectivity index (χ2n) is 6.32. The maximum atomic E-state index is 12.6. The third-order valence-corrected chi connectivity index (χ3v) is 4.21. The van der Waals surface area contributed by atoms with E-state index < -0.39 is 11.0 Å². The van der Waals surface area contributed by atoms with Crippen LogP contribution in [0, 0.1) is 5.41 Å². The molecule has 0 aromatic rings. The molecule has 1 fully saturated rings.